The van der Waals surface area contributed by atoms with Crippen molar-refractivity contribution < 1.29 is 8.42 Å². The first-order chi connectivity index (χ1) is 11.0. The Kier molecular flexibility index (Phi) is 2.92. The van der Waals surface area contributed by atoms with E-state index in [4.69, 9.17) is 0 Å². The van der Waals surface area contributed by atoms with Gasteiger partial charge in [-0.25, -0.2) is 22.9 Å². The lowest BCUT2D eigenvalue weighted by Crippen LogP contribution is -1.96. The Hall–Kier alpha value is -2.80. The number of hydrogen-bond donors (Lipinski definition) is 0. The Morgan fingerprint density at radius 1 is 1.00 bits per heavy atom. The molecule has 0 saturated carbocycles. The molecule has 23 heavy (non-hydrogen) atoms. The van der Waals surface area contributed by atoms with Gasteiger partial charge in [0.05, 0.1) is 10.4 Å². The van der Waals surface area contributed by atoms with E-state index in [0.29, 0.717) is 5.82 Å². The van der Waals surface area contributed by atoms with Crippen LogP contribution in [0.25, 0.3) is 27.9 Å². The van der Waals surface area contributed by atoms with Crippen molar-refractivity contribution in [3.63, 3.8) is 0 Å². The fraction of sp³-hybridized carbons (Fsp3) is 0.0625. The predicted octanol–water partition coefficient (Wildman–Crippen LogP) is 2.35. The minimum absolute atomic E-state index is 0.275. The van der Waals surface area contributed by atoms with Gasteiger partial charge in [0.1, 0.15) is 6.33 Å². The molecule has 0 fully saturated rings. The molecule has 2 heterocycles. The Balaban J connectivity index is 1.88. The Bertz CT molecular complexity index is 1130. The summed E-state index contributed by atoms with van der Waals surface area (Å²) in [6.45, 7) is 0. The monoisotopic (exact) mass is 324 g/mol. The third kappa shape index (κ3) is 2.35. The summed E-state index contributed by atoms with van der Waals surface area (Å²) in [6, 6.07) is 14.3. The SMILES string of the molecule is CS(=O)(=O)c1ccc(-c2nc3c4ccccc4ncn3n2)cc1. The van der Waals surface area contributed by atoms with E-state index in [2.05, 4.69) is 15.1 Å². The molecule has 4 rings (SSSR count). The smallest absolute Gasteiger partial charge is 0.182 e. The van der Waals surface area contributed by atoms with Crippen molar-refractivity contribution in [1.82, 2.24) is 19.6 Å². The first-order valence-electron chi connectivity index (χ1n) is 6.93. The zero-order valence-electron chi connectivity index (χ0n) is 12.2. The molecule has 0 N–H and O–H groups in total. The van der Waals surface area contributed by atoms with Crippen LogP contribution < -0.4 is 0 Å². The lowest BCUT2D eigenvalue weighted by atomic mass is 10.2. The van der Waals surface area contributed by atoms with Crippen molar-refractivity contribution in [2.45, 2.75) is 4.90 Å². The van der Waals surface area contributed by atoms with E-state index in [0.717, 1.165) is 22.1 Å². The minimum Gasteiger partial charge on any atom is -0.236 e. The van der Waals surface area contributed by atoms with E-state index >= 15 is 0 Å². The Labute approximate surface area is 132 Å². The highest BCUT2D eigenvalue weighted by Crippen LogP contribution is 2.22. The van der Waals surface area contributed by atoms with Gasteiger partial charge in [-0.05, 0) is 36.4 Å². The molecule has 0 aliphatic heterocycles. The molecule has 0 aliphatic rings. The van der Waals surface area contributed by atoms with Crippen molar-refractivity contribution in [1.29, 1.82) is 0 Å². The molecule has 2 aromatic heterocycles. The van der Waals surface area contributed by atoms with Crippen molar-refractivity contribution >= 4 is 26.4 Å². The molecule has 114 valence electrons. The fourth-order valence-corrected chi connectivity index (χ4v) is 3.08. The number of rotatable bonds is 2. The molecule has 0 atom stereocenters. The van der Waals surface area contributed by atoms with E-state index in [1.165, 1.54) is 6.26 Å². The van der Waals surface area contributed by atoms with Crippen LogP contribution in [0.5, 0.6) is 0 Å². The lowest BCUT2D eigenvalue weighted by Gasteiger charge is -1.98. The summed E-state index contributed by atoms with van der Waals surface area (Å²) in [6.07, 6.45) is 2.81. The maximum absolute atomic E-state index is 11.5. The van der Waals surface area contributed by atoms with Crippen LogP contribution >= 0.6 is 0 Å². The van der Waals surface area contributed by atoms with Gasteiger partial charge in [-0.1, -0.05) is 12.1 Å². The summed E-state index contributed by atoms with van der Waals surface area (Å²) < 4.78 is 24.7. The van der Waals surface area contributed by atoms with Gasteiger partial charge in [0.15, 0.2) is 21.3 Å². The van der Waals surface area contributed by atoms with E-state index in [9.17, 15) is 8.42 Å². The molecule has 0 radical (unpaired) electrons. The normalized spacial score (nSPS) is 12.0. The van der Waals surface area contributed by atoms with Gasteiger partial charge in [0, 0.05) is 17.2 Å². The van der Waals surface area contributed by atoms with Crippen molar-refractivity contribution in [3.8, 4) is 11.4 Å². The number of nitrogens with zero attached hydrogens (tertiary/aromatic N) is 4. The summed E-state index contributed by atoms with van der Waals surface area (Å²) in [5, 5.41) is 5.34. The molecule has 0 unspecified atom stereocenters. The quantitative estimate of drug-likeness (QED) is 0.565. The highest BCUT2D eigenvalue weighted by atomic mass is 32.2. The zero-order valence-corrected chi connectivity index (χ0v) is 13.0. The number of fused-ring (bicyclic) bond motifs is 3. The first-order valence-corrected chi connectivity index (χ1v) is 8.82. The van der Waals surface area contributed by atoms with Gasteiger partial charge in [-0.15, -0.1) is 5.10 Å². The van der Waals surface area contributed by atoms with E-state index in [1.54, 1.807) is 35.1 Å². The minimum atomic E-state index is -3.21. The molecule has 6 nitrogen and oxygen atoms in total. The van der Waals surface area contributed by atoms with E-state index in [1.807, 2.05) is 24.3 Å². The van der Waals surface area contributed by atoms with E-state index in [-0.39, 0.29) is 4.90 Å². The third-order valence-electron chi connectivity index (χ3n) is 3.62. The summed E-state index contributed by atoms with van der Waals surface area (Å²) in [7, 11) is -3.21. The van der Waals surface area contributed by atoms with Crippen LogP contribution in [0.2, 0.25) is 0 Å². The molecule has 0 bridgehead atoms. The maximum atomic E-state index is 11.5. The molecule has 0 amide bonds. The third-order valence-corrected chi connectivity index (χ3v) is 4.75. The average Bonchev–Trinajstić information content (AvgIpc) is 2.99. The van der Waals surface area contributed by atoms with Gasteiger partial charge in [0.2, 0.25) is 0 Å². The number of sulfone groups is 1. The number of benzene rings is 2. The van der Waals surface area contributed by atoms with Crippen molar-refractivity contribution in [3.05, 3.63) is 54.9 Å². The van der Waals surface area contributed by atoms with Gasteiger partial charge in [0.25, 0.3) is 0 Å². The first kappa shape index (κ1) is 13.8. The summed E-state index contributed by atoms with van der Waals surface area (Å²) in [5.74, 6) is 0.531. The summed E-state index contributed by atoms with van der Waals surface area (Å²) >= 11 is 0. The maximum Gasteiger partial charge on any atom is 0.182 e. The molecule has 0 aliphatic carbocycles. The highest BCUT2D eigenvalue weighted by molar-refractivity contribution is 7.90. The number of hydrogen-bond acceptors (Lipinski definition) is 5. The predicted molar refractivity (Wildman–Crippen MR) is 86.8 cm³/mol. The topological polar surface area (TPSA) is 77.2 Å². The summed E-state index contributed by atoms with van der Waals surface area (Å²) in [5.41, 5.74) is 2.33. The van der Waals surface area contributed by atoms with Crippen molar-refractivity contribution in [2.75, 3.05) is 6.26 Å². The van der Waals surface area contributed by atoms with Gasteiger partial charge < -0.3 is 0 Å². The molecule has 2 aromatic carbocycles. The van der Waals surface area contributed by atoms with Crippen LogP contribution in [0, 0.1) is 0 Å². The van der Waals surface area contributed by atoms with Crippen LogP contribution in [0.15, 0.2) is 59.8 Å². The van der Waals surface area contributed by atoms with Crippen LogP contribution in [0.1, 0.15) is 0 Å². The van der Waals surface area contributed by atoms with Crippen molar-refractivity contribution in [2.24, 2.45) is 0 Å². The van der Waals surface area contributed by atoms with Crippen LogP contribution in [-0.4, -0.2) is 34.3 Å². The Morgan fingerprint density at radius 2 is 1.74 bits per heavy atom. The standard InChI is InChI=1S/C16H12N4O2S/c1-23(21,22)12-8-6-11(7-9-12)15-18-16-13-4-2-3-5-14(13)17-10-20(16)19-15/h2-10H,1H3. The fourth-order valence-electron chi connectivity index (χ4n) is 2.45. The molecule has 4 aromatic rings. The second-order valence-electron chi connectivity index (χ2n) is 5.26. The largest absolute Gasteiger partial charge is 0.236 e. The second kappa shape index (κ2) is 4.85. The van der Waals surface area contributed by atoms with Crippen LogP contribution in [0.3, 0.4) is 0 Å². The Morgan fingerprint density at radius 3 is 2.48 bits per heavy atom. The molecule has 7 heteroatoms. The summed E-state index contributed by atoms with van der Waals surface area (Å²) in [4.78, 5) is 9.18. The number of para-hydroxylation sites is 1. The second-order valence-corrected chi connectivity index (χ2v) is 7.28. The molecule has 0 saturated heterocycles. The zero-order chi connectivity index (χ0) is 16.0. The van der Waals surface area contributed by atoms with Gasteiger partial charge in [-0.2, -0.15) is 0 Å². The van der Waals surface area contributed by atoms with Gasteiger partial charge >= 0.3 is 0 Å². The van der Waals surface area contributed by atoms with E-state index < -0.39 is 9.84 Å². The highest BCUT2D eigenvalue weighted by Gasteiger charge is 2.11. The number of aromatic nitrogens is 4. The van der Waals surface area contributed by atoms with Gasteiger partial charge in [-0.3, -0.25) is 0 Å². The molecular weight excluding hydrogens is 312 g/mol. The average molecular weight is 324 g/mol. The lowest BCUT2D eigenvalue weighted by molar-refractivity contribution is 0.602. The molecule has 0 spiro atoms. The van der Waals surface area contributed by atoms with Crippen LogP contribution in [-0.2, 0) is 9.84 Å². The molecular formula is C16H12N4O2S. The van der Waals surface area contributed by atoms with Crippen LogP contribution in [0.4, 0.5) is 0 Å².